The first kappa shape index (κ1) is 17.9. The van der Waals surface area contributed by atoms with E-state index in [1.807, 2.05) is 11.9 Å². The highest BCUT2D eigenvalue weighted by Crippen LogP contribution is 2.58. The van der Waals surface area contributed by atoms with E-state index in [-0.39, 0.29) is 35.6 Å². The maximum atomic E-state index is 14.6. The van der Waals surface area contributed by atoms with Crippen molar-refractivity contribution in [1.82, 2.24) is 9.55 Å². The van der Waals surface area contributed by atoms with Crippen LogP contribution in [-0.2, 0) is 6.54 Å². The van der Waals surface area contributed by atoms with Crippen molar-refractivity contribution < 1.29 is 18.3 Å². The van der Waals surface area contributed by atoms with Gasteiger partial charge in [0.25, 0.3) is 0 Å². The summed E-state index contributed by atoms with van der Waals surface area (Å²) in [7, 11) is 1.90. The summed E-state index contributed by atoms with van der Waals surface area (Å²) >= 11 is 0. The molecule has 29 heavy (non-hydrogen) atoms. The molecule has 6 nitrogen and oxygen atoms in total. The molecule has 0 N–H and O–H groups in total. The van der Waals surface area contributed by atoms with Crippen LogP contribution in [0.2, 0.25) is 0 Å². The highest BCUT2D eigenvalue weighted by Gasteiger charge is 2.55. The van der Waals surface area contributed by atoms with E-state index in [0.717, 1.165) is 12.4 Å². The number of ether oxygens (including phenoxy) is 2. The molecular formula is C21H19F2N3O3. The number of benzene rings is 1. The van der Waals surface area contributed by atoms with Crippen LogP contribution in [-0.4, -0.2) is 29.8 Å². The zero-order valence-corrected chi connectivity index (χ0v) is 15.8. The Morgan fingerprint density at radius 2 is 2.14 bits per heavy atom. The van der Waals surface area contributed by atoms with Gasteiger partial charge in [0.1, 0.15) is 17.4 Å². The lowest BCUT2D eigenvalue weighted by Crippen LogP contribution is -2.23. The molecule has 5 rings (SSSR count). The number of anilines is 1. The SMILES string of the molecule is CN1CCn2c1cc(OCC13C=C(F)C(Oc4cccc(F)c4)=CC1C3)nc2=O. The Labute approximate surface area is 165 Å². The Morgan fingerprint density at radius 1 is 1.28 bits per heavy atom. The van der Waals surface area contributed by atoms with Crippen molar-refractivity contribution in [3.8, 4) is 11.6 Å². The van der Waals surface area contributed by atoms with E-state index in [9.17, 15) is 13.6 Å². The molecule has 1 aliphatic heterocycles. The molecule has 2 aromatic rings. The highest BCUT2D eigenvalue weighted by atomic mass is 19.1. The monoisotopic (exact) mass is 399 g/mol. The summed E-state index contributed by atoms with van der Waals surface area (Å²) in [6.07, 6.45) is 3.92. The summed E-state index contributed by atoms with van der Waals surface area (Å²) in [5, 5.41) is 0. The summed E-state index contributed by atoms with van der Waals surface area (Å²) in [5.41, 5.74) is -0.815. The Balaban J connectivity index is 1.29. The van der Waals surface area contributed by atoms with E-state index < -0.39 is 17.1 Å². The maximum absolute atomic E-state index is 14.6. The van der Waals surface area contributed by atoms with Crippen molar-refractivity contribution in [3.05, 3.63) is 70.4 Å². The molecule has 8 heteroatoms. The van der Waals surface area contributed by atoms with Gasteiger partial charge in [-0.3, -0.25) is 4.57 Å². The minimum atomic E-state index is -0.506. The standard InChI is InChI=1S/C21H19F2N3O3/c1-25-5-6-26-19(25)9-18(24-20(26)27)28-12-21-10-13(21)7-17(16(23)11-21)29-15-4-2-3-14(22)8-15/h2-4,7-9,11,13H,5-6,10,12H2,1H3. The zero-order valence-electron chi connectivity index (χ0n) is 15.8. The second-order valence-electron chi connectivity index (χ2n) is 7.72. The summed E-state index contributed by atoms with van der Waals surface area (Å²) in [5.74, 6) is 0.453. The zero-order chi connectivity index (χ0) is 20.2. The molecule has 0 bridgehead atoms. The largest absolute Gasteiger partial charge is 0.477 e. The smallest absolute Gasteiger partial charge is 0.352 e. The molecule has 2 aliphatic carbocycles. The van der Waals surface area contributed by atoms with Gasteiger partial charge in [-0.2, -0.15) is 4.98 Å². The van der Waals surface area contributed by atoms with E-state index in [1.165, 1.54) is 24.3 Å². The van der Waals surface area contributed by atoms with Gasteiger partial charge in [0.15, 0.2) is 11.6 Å². The van der Waals surface area contributed by atoms with Crippen LogP contribution in [0.15, 0.2) is 58.9 Å². The lowest BCUT2D eigenvalue weighted by atomic mass is 9.99. The fraction of sp³-hybridized carbons (Fsp3) is 0.333. The second kappa shape index (κ2) is 6.43. The molecule has 2 unspecified atom stereocenters. The maximum Gasteiger partial charge on any atom is 0.352 e. The first-order valence-corrected chi connectivity index (χ1v) is 9.43. The van der Waals surface area contributed by atoms with Crippen LogP contribution in [0.5, 0.6) is 11.6 Å². The van der Waals surface area contributed by atoms with Gasteiger partial charge >= 0.3 is 5.69 Å². The van der Waals surface area contributed by atoms with Crippen molar-refractivity contribution in [2.24, 2.45) is 11.3 Å². The van der Waals surface area contributed by atoms with E-state index in [0.29, 0.717) is 13.0 Å². The van der Waals surface area contributed by atoms with Gasteiger partial charge in [-0.1, -0.05) is 6.07 Å². The molecule has 3 aliphatic rings. The number of nitrogens with zero attached hydrogens (tertiary/aromatic N) is 3. The molecule has 0 saturated heterocycles. The first-order chi connectivity index (χ1) is 13.9. The number of hydrogen-bond acceptors (Lipinski definition) is 5. The molecule has 0 radical (unpaired) electrons. The van der Waals surface area contributed by atoms with Gasteiger partial charge in [0.2, 0.25) is 5.88 Å². The average molecular weight is 399 g/mol. The van der Waals surface area contributed by atoms with Crippen LogP contribution in [0.4, 0.5) is 14.6 Å². The van der Waals surface area contributed by atoms with Crippen LogP contribution >= 0.6 is 0 Å². The van der Waals surface area contributed by atoms with Gasteiger partial charge in [-0.25, -0.2) is 13.6 Å². The minimum Gasteiger partial charge on any atom is -0.477 e. The van der Waals surface area contributed by atoms with Gasteiger partial charge in [0.05, 0.1) is 6.61 Å². The van der Waals surface area contributed by atoms with Gasteiger partial charge < -0.3 is 14.4 Å². The Kier molecular flexibility index (Phi) is 3.97. The molecule has 0 amide bonds. The molecule has 1 fully saturated rings. The number of fused-ring (bicyclic) bond motifs is 2. The topological polar surface area (TPSA) is 56.6 Å². The van der Waals surface area contributed by atoms with Crippen molar-refractivity contribution in [1.29, 1.82) is 0 Å². The molecular weight excluding hydrogens is 380 g/mol. The number of allylic oxidation sites excluding steroid dienone is 2. The van der Waals surface area contributed by atoms with Crippen LogP contribution in [0.1, 0.15) is 6.42 Å². The Morgan fingerprint density at radius 3 is 2.97 bits per heavy atom. The molecule has 0 spiro atoms. The van der Waals surface area contributed by atoms with E-state index in [1.54, 1.807) is 22.8 Å². The summed E-state index contributed by atoms with van der Waals surface area (Å²) in [6, 6.07) is 7.33. The lowest BCUT2D eigenvalue weighted by Gasteiger charge is -2.19. The fourth-order valence-electron chi connectivity index (χ4n) is 3.92. The number of rotatable bonds is 5. The summed E-state index contributed by atoms with van der Waals surface area (Å²) < 4.78 is 40.8. The number of halogens is 2. The third kappa shape index (κ3) is 3.18. The second-order valence-corrected chi connectivity index (χ2v) is 7.72. The third-order valence-corrected chi connectivity index (χ3v) is 5.71. The van der Waals surface area contributed by atoms with E-state index in [2.05, 4.69) is 4.98 Å². The minimum absolute atomic E-state index is 0.0590. The van der Waals surface area contributed by atoms with Crippen LogP contribution in [0.25, 0.3) is 0 Å². The Hall–Kier alpha value is -3.16. The van der Waals surface area contributed by atoms with Crippen molar-refractivity contribution in [3.63, 3.8) is 0 Å². The molecule has 2 heterocycles. The van der Waals surface area contributed by atoms with Gasteiger partial charge in [0, 0.05) is 37.7 Å². The van der Waals surface area contributed by atoms with Gasteiger partial charge in [-0.05, 0) is 36.6 Å². The fourth-order valence-corrected chi connectivity index (χ4v) is 3.92. The normalized spacial score (nSPS) is 24.4. The molecule has 1 aromatic carbocycles. The first-order valence-electron chi connectivity index (χ1n) is 9.43. The Bertz CT molecular complexity index is 1110. The van der Waals surface area contributed by atoms with Crippen molar-refractivity contribution in [2.45, 2.75) is 13.0 Å². The highest BCUT2D eigenvalue weighted by molar-refractivity contribution is 5.44. The van der Waals surface area contributed by atoms with Crippen LogP contribution in [0, 0.1) is 17.2 Å². The quantitative estimate of drug-likeness (QED) is 0.774. The van der Waals surface area contributed by atoms with Gasteiger partial charge in [-0.15, -0.1) is 0 Å². The molecule has 150 valence electrons. The van der Waals surface area contributed by atoms with E-state index >= 15 is 0 Å². The molecule has 1 aromatic heterocycles. The van der Waals surface area contributed by atoms with E-state index in [4.69, 9.17) is 9.47 Å². The summed E-state index contributed by atoms with van der Waals surface area (Å²) in [4.78, 5) is 18.1. The number of likely N-dealkylation sites (N-methyl/N-ethyl adjacent to an activating group) is 1. The predicted molar refractivity (Wildman–Crippen MR) is 102 cm³/mol. The van der Waals surface area contributed by atoms with Crippen LogP contribution < -0.4 is 20.1 Å². The number of aromatic nitrogens is 2. The average Bonchev–Trinajstić information content (AvgIpc) is 3.24. The summed E-state index contributed by atoms with van der Waals surface area (Å²) in [6.45, 7) is 1.57. The number of hydrogen-bond donors (Lipinski definition) is 0. The van der Waals surface area contributed by atoms with Crippen LogP contribution in [0.3, 0.4) is 0 Å². The third-order valence-electron chi connectivity index (χ3n) is 5.71. The molecule has 1 saturated carbocycles. The molecule has 2 atom stereocenters. The lowest BCUT2D eigenvalue weighted by molar-refractivity contribution is 0.242. The van der Waals surface area contributed by atoms with Crippen molar-refractivity contribution in [2.75, 3.05) is 25.1 Å². The predicted octanol–water partition coefficient (Wildman–Crippen LogP) is 3.05. The van der Waals surface area contributed by atoms with Crippen molar-refractivity contribution >= 4 is 5.82 Å².